The number of Topliss-reactive ketones (excluding diaryl/α,β-unsaturated/α-hetero) is 1. The smallest absolute Gasteiger partial charge is 0.163 e. The summed E-state index contributed by atoms with van der Waals surface area (Å²) in [5.41, 5.74) is 5.77. The van der Waals surface area contributed by atoms with Gasteiger partial charge in [0.25, 0.3) is 0 Å². The lowest BCUT2D eigenvalue weighted by Gasteiger charge is -2.17. The standard InChI is InChI=1S/C14H18O/c15-14-9-13(10-5-2-1-3-6-10)11-7-4-8-12(11)14/h1-9H2. The minimum absolute atomic E-state index is 0.440. The summed E-state index contributed by atoms with van der Waals surface area (Å²) >= 11 is 0. The summed E-state index contributed by atoms with van der Waals surface area (Å²) in [5, 5.41) is 0. The van der Waals surface area contributed by atoms with Crippen molar-refractivity contribution in [2.75, 3.05) is 0 Å². The summed E-state index contributed by atoms with van der Waals surface area (Å²) in [5.74, 6) is 0.440. The molecular formula is C14H18O. The molecule has 0 radical (unpaired) electrons. The van der Waals surface area contributed by atoms with E-state index in [0.29, 0.717) is 5.78 Å². The van der Waals surface area contributed by atoms with Gasteiger partial charge >= 0.3 is 0 Å². The molecule has 0 saturated heterocycles. The van der Waals surface area contributed by atoms with Crippen LogP contribution in [0.4, 0.5) is 0 Å². The van der Waals surface area contributed by atoms with Crippen LogP contribution in [0, 0.1) is 0 Å². The molecule has 0 amide bonds. The van der Waals surface area contributed by atoms with E-state index >= 15 is 0 Å². The Labute approximate surface area is 91.2 Å². The number of carbonyl (C=O) groups is 1. The first-order valence-corrected chi connectivity index (χ1v) is 6.33. The molecule has 0 heterocycles. The van der Waals surface area contributed by atoms with Crippen LogP contribution in [0.5, 0.6) is 0 Å². The fraction of sp³-hybridized carbons (Fsp3) is 0.643. The molecule has 15 heavy (non-hydrogen) atoms. The quantitative estimate of drug-likeness (QED) is 0.585. The van der Waals surface area contributed by atoms with Gasteiger partial charge in [-0.25, -0.2) is 0 Å². The van der Waals surface area contributed by atoms with E-state index in [0.717, 1.165) is 12.8 Å². The molecule has 3 aliphatic carbocycles. The average Bonchev–Trinajstić information content (AvgIpc) is 2.84. The molecule has 0 aromatic carbocycles. The van der Waals surface area contributed by atoms with E-state index in [4.69, 9.17) is 0 Å². The molecule has 3 rings (SSSR count). The van der Waals surface area contributed by atoms with Gasteiger partial charge in [-0.2, -0.15) is 0 Å². The lowest BCUT2D eigenvalue weighted by atomic mass is 9.88. The molecule has 0 spiro atoms. The van der Waals surface area contributed by atoms with Crippen LogP contribution in [0.15, 0.2) is 22.3 Å². The van der Waals surface area contributed by atoms with Crippen molar-refractivity contribution in [1.29, 1.82) is 0 Å². The molecule has 1 fully saturated rings. The second kappa shape index (κ2) is 3.62. The Bertz CT molecular complexity index is 363. The molecule has 3 aliphatic rings. The predicted octanol–water partition coefficient (Wildman–Crippen LogP) is 3.70. The molecule has 0 N–H and O–H groups in total. The topological polar surface area (TPSA) is 17.1 Å². The zero-order valence-corrected chi connectivity index (χ0v) is 9.27. The monoisotopic (exact) mass is 202 g/mol. The van der Waals surface area contributed by atoms with Crippen LogP contribution in [-0.4, -0.2) is 5.78 Å². The molecule has 0 aliphatic heterocycles. The van der Waals surface area contributed by atoms with Crippen LogP contribution in [0.2, 0.25) is 0 Å². The van der Waals surface area contributed by atoms with Crippen LogP contribution < -0.4 is 0 Å². The Morgan fingerprint density at radius 3 is 2.20 bits per heavy atom. The molecule has 0 atom stereocenters. The van der Waals surface area contributed by atoms with E-state index in [2.05, 4.69) is 0 Å². The minimum Gasteiger partial charge on any atom is -0.294 e. The van der Waals surface area contributed by atoms with Crippen molar-refractivity contribution >= 4 is 5.78 Å². The summed E-state index contributed by atoms with van der Waals surface area (Å²) in [7, 11) is 0. The lowest BCUT2D eigenvalue weighted by Crippen LogP contribution is -2.00. The van der Waals surface area contributed by atoms with Crippen LogP contribution in [-0.2, 0) is 4.79 Å². The highest BCUT2D eigenvalue weighted by molar-refractivity contribution is 6.03. The first kappa shape index (κ1) is 9.38. The maximum absolute atomic E-state index is 11.8. The third-order valence-electron chi connectivity index (χ3n) is 4.14. The SMILES string of the molecule is O=C1CC(=C2CCCCC2)C2=C1CCC2. The maximum atomic E-state index is 11.8. The molecule has 0 bridgehead atoms. The number of rotatable bonds is 0. The van der Waals surface area contributed by atoms with Gasteiger partial charge in [0, 0.05) is 6.42 Å². The molecule has 1 heteroatoms. The van der Waals surface area contributed by atoms with Crippen LogP contribution in [0.1, 0.15) is 57.8 Å². The minimum atomic E-state index is 0.440. The number of hydrogen-bond donors (Lipinski definition) is 0. The first-order valence-electron chi connectivity index (χ1n) is 6.33. The molecule has 0 aromatic rings. The van der Waals surface area contributed by atoms with E-state index in [1.165, 1.54) is 61.7 Å². The molecule has 0 unspecified atom stereocenters. The van der Waals surface area contributed by atoms with Gasteiger partial charge in [-0.1, -0.05) is 12.0 Å². The summed E-state index contributed by atoms with van der Waals surface area (Å²) < 4.78 is 0. The zero-order chi connectivity index (χ0) is 10.3. The number of carbonyl (C=O) groups excluding carboxylic acids is 1. The summed E-state index contributed by atoms with van der Waals surface area (Å²) in [6.07, 6.45) is 10.8. The van der Waals surface area contributed by atoms with Gasteiger partial charge in [0.1, 0.15) is 0 Å². The summed E-state index contributed by atoms with van der Waals surface area (Å²) in [6.45, 7) is 0. The molecule has 1 saturated carbocycles. The lowest BCUT2D eigenvalue weighted by molar-refractivity contribution is -0.114. The third-order valence-corrected chi connectivity index (χ3v) is 4.14. The van der Waals surface area contributed by atoms with Crippen molar-refractivity contribution in [2.24, 2.45) is 0 Å². The average molecular weight is 202 g/mol. The highest BCUT2D eigenvalue weighted by atomic mass is 16.1. The van der Waals surface area contributed by atoms with Gasteiger partial charge in [-0.05, 0) is 61.7 Å². The van der Waals surface area contributed by atoms with Crippen LogP contribution in [0.25, 0.3) is 0 Å². The number of hydrogen-bond acceptors (Lipinski definition) is 1. The Balaban J connectivity index is 1.97. The Morgan fingerprint density at radius 2 is 1.40 bits per heavy atom. The zero-order valence-electron chi connectivity index (χ0n) is 9.27. The Kier molecular flexibility index (Phi) is 2.27. The van der Waals surface area contributed by atoms with Gasteiger partial charge in [0.15, 0.2) is 5.78 Å². The van der Waals surface area contributed by atoms with Crippen molar-refractivity contribution < 1.29 is 4.79 Å². The highest BCUT2D eigenvalue weighted by Crippen LogP contribution is 2.43. The fourth-order valence-corrected chi connectivity index (χ4v) is 3.38. The second-order valence-corrected chi connectivity index (χ2v) is 5.05. The highest BCUT2D eigenvalue weighted by Gasteiger charge is 2.32. The predicted molar refractivity (Wildman–Crippen MR) is 60.6 cm³/mol. The van der Waals surface area contributed by atoms with Gasteiger partial charge < -0.3 is 0 Å². The number of allylic oxidation sites excluding steroid dienone is 4. The van der Waals surface area contributed by atoms with E-state index in [1.807, 2.05) is 0 Å². The van der Waals surface area contributed by atoms with Gasteiger partial charge in [0.05, 0.1) is 0 Å². The Hall–Kier alpha value is -0.850. The van der Waals surface area contributed by atoms with Gasteiger partial charge in [-0.3, -0.25) is 4.79 Å². The van der Waals surface area contributed by atoms with Crippen molar-refractivity contribution in [3.05, 3.63) is 22.3 Å². The van der Waals surface area contributed by atoms with E-state index in [1.54, 1.807) is 5.57 Å². The summed E-state index contributed by atoms with van der Waals surface area (Å²) in [4.78, 5) is 11.8. The van der Waals surface area contributed by atoms with Gasteiger partial charge in [0.2, 0.25) is 0 Å². The third kappa shape index (κ3) is 1.49. The van der Waals surface area contributed by atoms with Crippen LogP contribution >= 0.6 is 0 Å². The van der Waals surface area contributed by atoms with E-state index < -0.39 is 0 Å². The molecule has 80 valence electrons. The second-order valence-electron chi connectivity index (χ2n) is 5.05. The molecule has 0 aromatic heterocycles. The Morgan fingerprint density at radius 1 is 0.667 bits per heavy atom. The van der Waals surface area contributed by atoms with Crippen molar-refractivity contribution in [3.8, 4) is 0 Å². The molecule has 1 nitrogen and oxygen atoms in total. The van der Waals surface area contributed by atoms with Crippen molar-refractivity contribution in [2.45, 2.75) is 57.8 Å². The summed E-state index contributed by atoms with van der Waals surface area (Å²) in [6, 6.07) is 0. The number of ketones is 1. The van der Waals surface area contributed by atoms with Crippen molar-refractivity contribution in [1.82, 2.24) is 0 Å². The largest absolute Gasteiger partial charge is 0.294 e. The first-order chi connectivity index (χ1) is 7.36. The van der Waals surface area contributed by atoms with Crippen LogP contribution in [0.3, 0.4) is 0 Å². The normalized spacial score (nSPS) is 26.5. The van der Waals surface area contributed by atoms with Gasteiger partial charge in [-0.15, -0.1) is 0 Å². The fourth-order valence-electron chi connectivity index (χ4n) is 3.38. The van der Waals surface area contributed by atoms with Crippen molar-refractivity contribution in [3.63, 3.8) is 0 Å². The molecular weight excluding hydrogens is 184 g/mol. The van der Waals surface area contributed by atoms with E-state index in [9.17, 15) is 4.79 Å². The van der Waals surface area contributed by atoms with E-state index in [-0.39, 0.29) is 0 Å². The maximum Gasteiger partial charge on any atom is 0.163 e.